The molecule has 1 aromatic carbocycles. The Morgan fingerprint density at radius 3 is 2.14 bits per heavy atom. The molecule has 0 aliphatic carbocycles. The van der Waals surface area contributed by atoms with Crippen LogP contribution in [0, 0.1) is 12.3 Å². The first-order chi connectivity index (χ1) is 6.80. The number of terminal acetylenes is 1. The highest BCUT2D eigenvalue weighted by atomic mass is 16.5. The third-order valence-corrected chi connectivity index (χ3v) is 1.97. The molecule has 0 N–H and O–H groups in total. The Balaban J connectivity index is 2.87. The summed E-state index contributed by atoms with van der Waals surface area (Å²) in [4.78, 5) is 0. The molecule has 1 aromatic rings. The molecule has 14 heavy (non-hydrogen) atoms. The Bertz CT molecular complexity index is 314. The maximum Gasteiger partial charge on any atom is 0.122 e. The monoisotopic (exact) mass is 190 g/mol. The van der Waals surface area contributed by atoms with Crippen molar-refractivity contribution in [1.82, 2.24) is 0 Å². The molecule has 2 nitrogen and oxygen atoms in total. The predicted molar refractivity (Wildman–Crippen MR) is 56.7 cm³/mol. The van der Waals surface area contributed by atoms with Crippen molar-refractivity contribution in [2.24, 2.45) is 0 Å². The number of benzene rings is 1. The van der Waals surface area contributed by atoms with Gasteiger partial charge >= 0.3 is 0 Å². The number of aryl methyl sites for hydroxylation is 1. The lowest BCUT2D eigenvalue weighted by atomic mass is 10.1. The summed E-state index contributed by atoms with van der Waals surface area (Å²) in [6.45, 7) is 0. The minimum absolute atomic E-state index is 0.732. The van der Waals surface area contributed by atoms with Crippen LogP contribution >= 0.6 is 0 Å². The lowest BCUT2D eigenvalue weighted by Crippen LogP contribution is -1.91. The maximum absolute atomic E-state index is 5.20. The van der Waals surface area contributed by atoms with Crippen LogP contribution in [-0.2, 0) is 6.42 Å². The van der Waals surface area contributed by atoms with Crippen molar-refractivity contribution in [2.45, 2.75) is 12.8 Å². The van der Waals surface area contributed by atoms with E-state index in [1.165, 1.54) is 0 Å². The molecule has 0 heterocycles. The molecule has 0 fully saturated rings. The highest BCUT2D eigenvalue weighted by Crippen LogP contribution is 2.23. The van der Waals surface area contributed by atoms with Gasteiger partial charge in [0, 0.05) is 12.5 Å². The maximum atomic E-state index is 5.20. The molecule has 0 spiro atoms. The molecule has 0 aliphatic rings. The minimum Gasteiger partial charge on any atom is -0.497 e. The lowest BCUT2D eigenvalue weighted by molar-refractivity contribution is 0.393. The molecule has 0 atom stereocenters. The van der Waals surface area contributed by atoms with Crippen molar-refractivity contribution in [2.75, 3.05) is 14.2 Å². The van der Waals surface area contributed by atoms with Gasteiger partial charge < -0.3 is 9.47 Å². The van der Waals surface area contributed by atoms with Gasteiger partial charge in [-0.25, -0.2) is 0 Å². The van der Waals surface area contributed by atoms with E-state index in [4.69, 9.17) is 15.9 Å². The van der Waals surface area contributed by atoms with Crippen molar-refractivity contribution in [3.05, 3.63) is 23.8 Å². The van der Waals surface area contributed by atoms with E-state index in [2.05, 4.69) is 5.92 Å². The van der Waals surface area contributed by atoms with Gasteiger partial charge in [0.15, 0.2) is 0 Å². The molecule has 0 bridgehead atoms. The molecule has 0 unspecified atom stereocenters. The first-order valence-electron chi connectivity index (χ1n) is 4.45. The zero-order valence-corrected chi connectivity index (χ0v) is 8.54. The summed E-state index contributed by atoms with van der Waals surface area (Å²) < 4.78 is 10.3. The topological polar surface area (TPSA) is 18.5 Å². The van der Waals surface area contributed by atoms with Gasteiger partial charge in [0.25, 0.3) is 0 Å². The summed E-state index contributed by atoms with van der Waals surface area (Å²) in [5.74, 6) is 4.21. The molecule has 0 amide bonds. The normalized spacial score (nSPS) is 9.21. The van der Waals surface area contributed by atoms with E-state index in [9.17, 15) is 0 Å². The van der Waals surface area contributed by atoms with Crippen LogP contribution in [0.4, 0.5) is 0 Å². The molecule has 0 aromatic heterocycles. The van der Waals surface area contributed by atoms with Crippen molar-refractivity contribution < 1.29 is 9.47 Å². The lowest BCUT2D eigenvalue weighted by Gasteiger charge is -2.07. The second kappa shape index (κ2) is 5.18. The van der Waals surface area contributed by atoms with Crippen molar-refractivity contribution in [3.63, 3.8) is 0 Å². The van der Waals surface area contributed by atoms with Gasteiger partial charge in [0.1, 0.15) is 11.5 Å². The van der Waals surface area contributed by atoms with Crippen LogP contribution in [0.15, 0.2) is 18.2 Å². The molecule has 2 heteroatoms. The highest BCUT2D eigenvalue weighted by Gasteiger charge is 2.00. The Hall–Kier alpha value is -1.62. The summed E-state index contributed by atoms with van der Waals surface area (Å²) >= 11 is 0. The van der Waals surface area contributed by atoms with Gasteiger partial charge in [-0.1, -0.05) is 0 Å². The minimum atomic E-state index is 0.732. The van der Waals surface area contributed by atoms with Crippen LogP contribution in [-0.4, -0.2) is 14.2 Å². The Morgan fingerprint density at radius 2 is 1.71 bits per heavy atom. The number of rotatable bonds is 4. The first-order valence-corrected chi connectivity index (χ1v) is 4.45. The Morgan fingerprint density at radius 1 is 1.14 bits per heavy atom. The average molecular weight is 190 g/mol. The summed E-state index contributed by atoms with van der Waals surface area (Å²) in [6.07, 6.45) is 6.79. The molecule has 74 valence electrons. The van der Waals surface area contributed by atoms with E-state index >= 15 is 0 Å². The van der Waals surface area contributed by atoms with Gasteiger partial charge in [-0.15, -0.1) is 12.3 Å². The van der Waals surface area contributed by atoms with Gasteiger partial charge in [0.05, 0.1) is 14.2 Å². The molecule has 0 saturated carbocycles. The first kappa shape index (κ1) is 10.5. The Kier molecular flexibility index (Phi) is 3.87. The number of hydrogen-bond acceptors (Lipinski definition) is 2. The second-order valence-electron chi connectivity index (χ2n) is 2.93. The van der Waals surface area contributed by atoms with Crippen molar-refractivity contribution >= 4 is 0 Å². The third kappa shape index (κ3) is 2.70. The fourth-order valence-electron chi connectivity index (χ4n) is 1.23. The quantitative estimate of drug-likeness (QED) is 0.678. The summed E-state index contributed by atoms with van der Waals surface area (Å²) in [7, 11) is 3.28. The molecule has 0 radical (unpaired) electrons. The van der Waals surface area contributed by atoms with Crippen LogP contribution in [0.2, 0.25) is 0 Å². The molecular formula is C12H14O2. The van der Waals surface area contributed by atoms with Crippen LogP contribution in [0.25, 0.3) is 0 Å². The molecule has 0 aliphatic heterocycles. The largest absolute Gasteiger partial charge is 0.497 e. The molecule has 0 saturated heterocycles. The van der Waals surface area contributed by atoms with Crippen LogP contribution in [0.1, 0.15) is 12.0 Å². The third-order valence-electron chi connectivity index (χ3n) is 1.97. The van der Waals surface area contributed by atoms with Crippen LogP contribution in [0.3, 0.4) is 0 Å². The fraction of sp³-hybridized carbons (Fsp3) is 0.333. The van der Waals surface area contributed by atoms with Crippen LogP contribution < -0.4 is 9.47 Å². The van der Waals surface area contributed by atoms with Crippen molar-refractivity contribution in [3.8, 4) is 23.8 Å². The number of methoxy groups -OCH3 is 2. The average Bonchev–Trinajstić information content (AvgIpc) is 2.25. The molecule has 1 rings (SSSR count). The number of hydrogen-bond donors (Lipinski definition) is 0. The van der Waals surface area contributed by atoms with Gasteiger partial charge in [-0.2, -0.15) is 0 Å². The van der Waals surface area contributed by atoms with Gasteiger partial charge in [-0.3, -0.25) is 0 Å². The number of ether oxygens (including phenoxy) is 2. The highest BCUT2D eigenvalue weighted by molar-refractivity contribution is 5.38. The van der Waals surface area contributed by atoms with Gasteiger partial charge in [0.2, 0.25) is 0 Å². The van der Waals surface area contributed by atoms with E-state index < -0.39 is 0 Å². The zero-order valence-electron chi connectivity index (χ0n) is 8.54. The molecular weight excluding hydrogens is 176 g/mol. The Labute approximate surface area is 84.8 Å². The van der Waals surface area contributed by atoms with E-state index in [0.717, 1.165) is 29.9 Å². The van der Waals surface area contributed by atoms with Crippen LogP contribution in [0.5, 0.6) is 11.5 Å². The summed E-state index contributed by atoms with van der Waals surface area (Å²) in [6, 6.07) is 5.79. The second-order valence-corrected chi connectivity index (χ2v) is 2.93. The van der Waals surface area contributed by atoms with Crippen molar-refractivity contribution in [1.29, 1.82) is 0 Å². The summed E-state index contributed by atoms with van der Waals surface area (Å²) in [5, 5.41) is 0. The predicted octanol–water partition coefficient (Wildman–Crippen LogP) is 2.27. The van der Waals surface area contributed by atoms with E-state index in [-0.39, 0.29) is 0 Å². The fourth-order valence-corrected chi connectivity index (χ4v) is 1.23. The van der Waals surface area contributed by atoms with E-state index in [1.54, 1.807) is 14.2 Å². The van der Waals surface area contributed by atoms with Gasteiger partial charge in [-0.05, 0) is 24.1 Å². The van der Waals surface area contributed by atoms with E-state index in [1.807, 2.05) is 18.2 Å². The smallest absolute Gasteiger partial charge is 0.122 e. The summed E-state index contributed by atoms with van der Waals surface area (Å²) in [5.41, 5.74) is 1.14. The SMILES string of the molecule is C#CCCc1cc(OC)cc(OC)c1. The van der Waals surface area contributed by atoms with E-state index in [0.29, 0.717) is 0 Å². The standard InChI is InChI=1S/C12H14O2/c1-4-5-6-10-7-11(13-2)9-12(8-10)14-3/h1,7-9H,5-6H2,2-3H3. The zero-order chi connectivity index (χ0) is 10.4.